The van der Waals surface area contributed by atoms with Crippen molar-refractivity contribution in [1.82, 2.24) is 9.62 Å². The van der Waals surface area contributed by atoms with Gasteiger partial charge in [-0.3, -0.25) is 4.79 Å². The molecule has 4 rings (SSSR count). The Morgan fingerprint density at radius 2 is 2.03 bits per heavy atom. The average molecular weight is 484 g/mol. The van der Waals surface area contributed by atoms with E-state index in [0.717, 1.165) is 62.5 Å². The number of carbonyl (C=O) groups is 1. The van der Waals surface area contributed by atoms with E-state index in [9.17, 15) is 13.2 Å². The Labute approximate surface area is 182 Å². The van der Waals surface area contributed by atoms with Gasteiger partial charge in [0, 0.05) is 35.7 Å². The minimum Gasteiger partial charge on any atom is -0.312 e. The first-order valence-corrected chi connectivity index (χ1v) is 13.0. The highest BCUT2D eigenvalue weighted by molar-refractivity contribution is 9.10. The fraction of sp³-hybridized carbons (Fsp3) is 0.667. The van der Waals surface area contributed by atoms with Crippen LogP contribution in [0.1, 0.15) is 44.6 Å². The van der Waals surface area contributed by atoms with Crippen LogP contribution in [0, 0.1) is 11.8 Å². The minimum atomic E-state index is -3.63. The highest BCUT2D eigenvalue weighted by Gasteiger charge is 2.37. The second-order valence-electron chi connectivity index (χ2n) is 8.72. The molecule has 8 heteroatoms. The number of hydrogen-bond acceptors (Lipinski definition) is 4. The summed E-state index contributed by atoms with van der Waals surface area (Å²) in [5.74, 6) is 0.988. The summed E-state index contributed by atoms with van der Waals surface area (Å²) in [4.78, 5) is 17.0. The first-order valence-electron chi connectivity index (χ1n) is 10.7. The molecular formula is C21H30BrN3O3S. The normalized spacial score (nSPS) is 22.7. The number of fused-ring (bicyclic) bond motifs is 1. The predicted octanol–water partition coefficient (Wildman–Crippen LogP) is 3.15. The highest BCUT2D eigenvalue weighted by atomic mass is 79.9. The van der Waals surface area contributed by atoms with Crippen molar-refractivity contribution in [3.05, 3.63) is 22.2 Å². The van der Waals surface area contributed by atoms with Crippen LogP contribution in [0.5, 0.6) is 0 Å². The Kier molecular flexibility index (Phi) is 6.35. The summed E-state index contributed by atoms with van der Waals surface area (Å²) in [5, 5.41) is 0. The zero-order chi connectivity index (χ0) is 20.6. The van der Waals surface area contributed by atoms with Crippen molar-refractivity contribution in [3.63, 3.8) is 0 Å². The van der Waals surface area contributed by atoms with Gasteiger partial charge in [0.25, 0.3) is 0 Å². The number of amides is 1. The van der Waals surface area contributed by atoms with Gasteiger partial charge in [-0.25, -0.2) is 13.1 Å². The summed E-state index contributed by atoms with van der Waals surface area (Å²) in [6, 6.07) is 3.53. The fourth-order valence-corrected chi connectivity index (χ4v) is 6.63. The number of rotatable bonds is 7. The van der Waals surface area contributed by atoms with Gasteiger partial charge in [-0.15, -0.1) is 0 Å². The number of halogens is 1. The Bertz CT molecular complexity index is 885. The minimum absolute atomic E-state index is 0.125. The number of nitrogens with one attached hydrogen (secondary N) is 1. The maximum Gasteiger partial charge on any atom is 0.241 e. The summed E-state index contributed by atoms with van der Waals surface area (Å²) >= 11 is 3.43. The van der Waals surface area contributed by atoms with Gasteiger partial charge in [0.05, 0.1) is 4.90 Å². The number of benzene rings is 1. The van der Waals surface area contributed by atoms with Gasteiger partial charge in [-0.2, -0.15) is 0 Å². The molecular weight excluding hydrogens is 454 g/mol. The number of anilines is 1. The molecule has 2 aliphatic heterocycles. The third-order valence-electron chi connectivity index (χ3n) is 6.20. The van der Waals surface area contributed by atoms with Gasteiger partial charge < -0.3 is 9.80 Å². The molecule has 1 aliphatic carbocycles. The molecule has 0 radical (unpaired) electrons. The molecule has 1 aromatic carbocycles. The number of nitrogens with zero attached hydrogens (tertiary/aromatic N) is 2. The lowest BCUT2D eigenvalue weighted by Crippen LogP contribution is -2.36. The summed E-state index contributed by atoms with van der Waals surface area (Å²) in [7, 11) is -3.63. The standard InChI is InChI=1S/C21H30BrN3O3S/c1-15-4-2-9-24(14-15)10-3-8-23-29(27,28)20-13-19-17(12-18(20)22)7-11-25(19)21(26)16-5-6-16/h12-13,15-16,23H,2-11,14H2,1H3. The van der Waals surface area contributed by atoms with Gasteiger partial charge in [-0.1, -0.05) is 6.92 Å². The predicted molar refractivity (Wildman–Crippen MR) is 118 cm³/mol. The van der Waals surface area contributed by atoms with Gasteiger partial charge >= 0.3 is 0 Å². The van der Waals surface area contributed by atoms with Crippen molar-refractivity contribution in [2.75, 3.05) is 37.6 Å². The Morgan fingerprint density at radius 1 is 1.24 bits per heavy atom. The van der Waals surface area contributed by atoms with Crippen LogP contribution in [-0.4, -0.2) is 51.9 Å². The summed E-state index contributed by atoms with van der Waals surface area (Å²) in [6.07, 6.45) is 5.98. The molecule has 2 fully saturated rings. The van der Waals surface area contributed by atoms with Crippen LogP contribution in [0.25, 0.3) is 0 Å². The third kappa shape index (κ3) is 4.86. The van der Waals surface area contributed by atoms with Crippen LogP contribution in [0.4, 0.5) is 5.69 Å². The van der Waals surface area contributed by atoms with E-state index < -0.39 is 10.0 Å². The van der Waals surface area contributed by atoms with E-state index in [1.54, 1.807) is 11.0 Å². The first-order chi connectivity index (χ1) is 13.8. The number of carbonyl (C=O) groups excluding carboxylic acids is 1. The van der Waals surface area contributed by atoms with Crippen LogP contribution in [0.15, 0.2) is 21.5 Å². The maximum atomic E-state index is 12.9. The van der Waals surface area contributed by atoms with Gasteiger partial charge in [0.2, 0.25) is 15.9 Å². The largest absolute Gasteiger partial charge is 0.312 e. The maximum absolute atomic E-state index is 12.9. The van der Waals surface area contributed by atoms with Crippen molar-refractivity contribution in [2.24, 2.45) is 11.8 Å². The number of piperidine rings is 1. The average Bonchev–Trinajstić information content (AvgIpc) is 3.44. The lowest BCUT2D eigenvalue weighted by atomic mass is 10.0. The van der Waals surface area contributed by atoms with E-state index in [-0.39, 0.29) is 16.7 Å². The molecule has 3 aliphatic rings. The lowest BCUT2D eigenvalue weighted by Gasteiger charge is -2.30. The molecule has 1 atom stereocenters. The van der Waals surface area contributed by atoms with Crippen molar-refractivity contribution in [3.8, 4) is 0 Å². The SMILES string of the molecule is CC1CCCN(CCCNS(=O)(=O)c2cc3c(cc2Br)CCN3C(=O)C2CC2)C1. The second-order valence-corrected chi connectivity index (χ2v) is 11.3. The lowest BCUT2D eigenvalue weighted by molar-refractivity contribution is -0.119. The van der Waals surface area contributed by atoms with E-state index in [0.29, 0.717) is 17.6 Å². The molecule has 1 amide bonds. The van der Waals surface area contributed by atoms with Gasteiger partial charge in [0.15, 0.2) is 0 Å². The highest BCUT2D eigenvalue weighted by Crippen LogP contribution is 2.39. The monoisotopic (exact) mass is 483 g/mol. The van der Waals surface area contributed by atoms with E-state index in [1.807, 2.05) is 6.07 Å². The second kappa shape index (κ2) is 8.65. The third-order valence-corrected chi connectivity index (χ3v) is 8.61. The topological polar surface area (TPSA) is 69.7 Å². The molecule has 1 saturated heterocycles. The molecule has 1 N–H and O–H groups in total. The number of hydrogen-bond donors (Lipinski definition) is 1. The molecule has 1 unspecified atom stereocenters. The van der Waals surface area contributed by atoms with E-state index >= 15 is 0 Å². The van der Waals surface area contributed by atoms with Crippen molar-refractivity contribution < 1.29 is 13.2 Å². The zero-order valence-corrected chi connectivity index (χ0v) is 19.4. The van der Waals surface area contributed by atoms with E-state index in [4.69, 9.17) is 0 Å². The Balaban J connectivity index is 1.40. The Hall–Kier alpha value is -0.960. The molecule has 0 spiro atoms. The van der Waals surface area contributed by atoms with Crippen molar-refractivity contribution >= 4 is 37.5 Å². The first kappa shape index (κ1) is 21.3. The van der Waals surface area contributed by atoms with Crippen LogP contribution in [0.2, 0.25) is 0 Å². The number of sulfonamides is 1. The summed E-state index contributed by atoms with van der Waals surface area (Å²) in [5.41, 5.74) is 1.79. The van der Waals surface area contributed by atoms with E-state index in [2.05, 4.69) is 32.5 Å². The van der Waals surface area contributed by atoms with Crippen LogP contribution in [-0.2, 0) is 21.2 Å². The molecule has 1 saturated carbocycles. The molecule has 2 heterocycles. The van der Waals surface area contributed by atoms with Crippen molar-refractivity contribution in [2.45, 2.75) is 50.3 Å². The van der Waals surface area contributed by atoms with Gasteiger partial charge in [-0.05, 0) is 91.2 Å². The molecule has 29 heavy (non-hydrogen) atoms. The molecule has 1 aromatic rings. The fourth-order valence-electron chi connectivity index (χ4n) is 4.45. The molecule has 6 nitrogen and oxygen atoms in total. The van der Waals surface area contributed by atoms with Gasteiger partial charge in [0.1, 0.15) is 0 Å². The van der Waals surface area contributed by atoms with Crippen LogP contribution >= 0.6 is 15.9 Å². The molecule has 0 bridgehead atoms. The molecule has 0 aromatic heterocycles. The summed E-state index contributed by atoms with van der Waals surface area (Å²) < 4.78 is 29.2. The smallest absolute Gasteiger partial charge is 0.241 e. The molecule has 160 valence electrons. The van der Waals surface area contributed by atoms with E-state index in [1.165, 1.54) is 12.8 Å². The van der Waals surface area contributed by atoms with Crippen LogP contribution in [0.3, 0.4) is 0 Å². The quantitative estimate of drug-likeness (QED) is 0.604. The summed E-state index contributed by atoms with van der Waals surface area (Å²) in [6.45, 7) is 6.47. The Morgan fingerprint density at radius 3 is 2.76 bits per heavy atom. The number of likely N-dealkylation sites (tertiary alicyclic amines) is 1. The van der Waals surface area contributed by atoms with Crippen molar-refractivity contribution in [1.29, 1.82) is 0 Å². The van der Waals surface area contributed by atoms with Crippen LogP contribution < -0.4 is 9.62 Å². The zero-order valence-electron chi connectivity index (χ0n) is 17.0.